The van der Waals surface area contributed by atoms with Gasteiger partial charge in [-0.05, 0) is 47.4 Å². The third-order valence-electron chi connectivity index (χ3n) is 6.84. The molecule has 0 atom stereocenters. The second kappa shape index (κ2) is 11.5. The van der Waals surface area contributed by atoms with Crippen LogP contribution in [0.4, 0.5) is 0 Å². The van der Waals surface area contributed by atoms with Crippen molar-refractivity contribution >= 4 is 17.8 Å². The first kappa shape index (κ1) is 25.6. The number of ether oxygens (including phenoxy) is 1. The second-order valence-electron chi connectivity index (χ2n) is 9.82. The van der Waals surface area contributed by atoms with E-state index >= 15 is 0 Å². The zero-order valence-electron chi connectivity index (χ0n) is 21.8. The average Bonchev–Trinajstić information content (AvgIpc) is 3.56. The van der Waals surface area contributed by atoms with Crippen LogP contribution in [0.15, 0.2) is 89.9 Å². The van der Waals surface area contributed by atoms with Gasteiger partial charge in [0.2, 0.25) is 0 Å². The van der Waals surface area contributed by atoms with Crippen LogP contribution in [0, 0.1) is 0 Å². The van der Waals surface area contributed by atoms with Gasteiger partial charge in [-0.1, -0.05) is 60.7 Å². The lowest BCUT2D eigenvalue weighted by atomic mass is 9.93. The SMILES string of the molecule is COCCN(C)Cc1ccc2c(c1)C=C(C1=CC(NC(=O)c3cnn(Cc4ccccc4)c3)=CCC1=O)C2. The minimum absolute atomic E-state index is 0.0669. The number of hydrogen-bond acceptors (Lipinski definition) is 5. The molecule has 2 aliphatic carbocycles. The lowest BCUT2D eigenvalue weighted by Crippen LogP contribution is -2.24. The fourth-order valence-corrected chi connectivity index (χ4v) is 4.80. The fraction of sp³-hybridized carbons (Fsp3) is 0.258. The van der Waals surface area contributed by atoms with Crippen molar-refractivity contribution < 1.29 is 14.3 Å². The molecule has 7 nitrogen and oxygen atoms in total. The first-order chi connectivity index (χ1) is 18.5. The molecule has 1 aromatic heterocycles. The maximum Gasteiger partial charge on any atom is 0.258 e. The molecule has 2 aromatic carbocycles. The van der Waals surface area contributed by atoms with E-state index in [-0.39, 0.29) is 18.1 Å². The number of rotatable bonds is 10. The molecule has 0 aliphatic heterocycles. The Kier molecular flexibility index (Phi) is 7.77. The van der Waals surface area contributed by atoms with Crippen LogP contribution >= 0.6 is 0 Å². The third-order valence-corrected chi connectivity index (χ3v) is 6.84. The van der Waals surface area contributed by atoms with Crippen molar-refractivity contribution in [3.63, 3.8) is 0 Å². The number of fused-ring (bicyclic) bond motifs is 1. The summed E-state index contributed by atoms with van der Waals surface area (Å²) < 4.78 is 6.92. The molecular weight excluding hydrogens is 476 g/mol. The molecule has 1 heterocycles. The number of nitrogens with zero attached hydrogens (tertiary/aromatic N) is 3. The molecule has 194 valence electrons. The highest BCUT2D eigenvalue weighted by molar-refractivity contribution is 6.04. The maximum absolute atomic E-state index is 12.9. The Morgan fingerprint density at radius 1 is 1.13 bits per heavy atom. The molecule has 3 aromatic rings. The largest absolute Gasteiger partial charge is 0.383 e. The first-order valence-electron chi connectivity index (χ1n) is 12.8. The monoisotopic (exact) mass is 508 g/mol. The van der Waals surface area contributed by atoms with Crippen LogP contribution in [0.3, 0.4) is 0 Å². The van der Waals surface area contributed by atoms with Crippen LogP contribution in [0.5, 0.6) is 0 Å². The molecule has 7 heteroatoms. The first-order valence-corrected chi connectivity index (χ1v) is 12.8. The van der Waals surface area contributed by atoms with Crippen molar-refractivity contribution in [2.45, 2.75) is 25.9 Å². The summed E-state index contributed by atoms with van der Waals surface area (Å²) in [6.45, 7) is 2.99. The number of ketones is 1. The number of carbonyl (C=O) groups is 2. The molecule has 1 N–H and O–H groups in total. The minimum atomic E-state index is -0.244. The van der Waals surface area contributed by atoms with Gasteiger partial charge in [-0.15, -0.1) is 0 Å². The number of hydrogen-bond donors (Lipinski definition) is 1. The smallest absolute Gasteiger partial charge is 0.258 e. The van der Waals surface area contributed by atoms with Gasteiger partial charge in [-0.25, -0.2) is 0 Å². The van der Waals surface area contributed by atoms with Crippen LogP contribution in [0.1, 0.15) is 39.0 Å². The summed E-state index contributed by atoms with van der Waals surface area (Å²) in [4.78, 5) is 28.0. The van der Waals surface area contributed by atoms with Gasteiger partial charge >= 0.3 is 0 Å². The predicted octanol–water partition coefficient (Wildman–Crippen LogP) is 4.16. The third kappa shape index (κ3) is 6.07. The van der Waals surface area contributed by atoms with E-state index in [1.165, 1.54) is 11.1 Å². The van der Waals surface area contributed by atoms with Gasteiger partial charge < -0.3 is 10.1 Å². The van der Waals surface area contributed by atoms with E-state index in [2.05, 4.69) is 46.6 Å². The van der Waals surface area contributed by atoms with Crippen molar-refractivity contribution in [1.82, 2.24) is 20.0 Å². The maximum atomic E-state index is 12.9. The molecule has 0 spiro atoms. The molecule has 0 saturated heterocycles. The molecule has 0 bridgehead atoms. The molecule has 0 saturated carbocycles. The Morgan fingerprint density at radius 2 is 1.97 bits per heavy atom. The highest BCUT2D eigenvalue weighted by Gasteiger charge is 2.24. The number of Topliss-reactive ketones (excluding diaryl/α,β-unsaturated/α-hetero) is 1. The number of likely N-dealkylation sites (N-methyl/N-ethyl adjacent to an activating group) is 1. The van der Waals surface area contributed by atoms with Crippen LogP contribution in [0.25, 0.3) is 6.08 Å². The zero-order valence-corrected chi connectivity index (χ0v) is 21.8. The molecule has 2 aliphatic rings. The predicted molar refractivity (Wildman–Crippen MR) is 147 cm³/mol. The Bertz CT molecular complexity index is 1430. The van der Waals surface area contributed by atoms with Gasteiger partial charge in [0.1, 0.15) is 0 Å². The van der Waals surface area contributed by atoms with Gasteiger partial charge in [0.25, 0.3) is 5.91 Å². The lowest BCUT2D eigenvalue weighted by Gasteiger charge is -2.16. The van der Waals surface area contributed by atoms with Crippen molar-refractivity contribution in [2.75, 3.05) is 27.3 Å². The quantitative estimate of drug-likeness (QED) is 0.445. The van der Waals surface area contributed by atoms with Gasteiger partial charge in [-0.2, -0.15) is 5.10 Å². The molecule has 0 unspecified atom stereocenters. The van der Waals surface area contributed by atoms with E-state index in [0.29, 0.717) is 36.4 Å². The molecule has 0 fully saturated rings. The van der Waals surface area contributed by atoms with Gasteiger partial charge in [0.05, 0.1) is 24.9 Å². The number of benzene rings is 2. The van der Waals surface area contributed by atoms with Crippen LogP contribution in [0.2, 0.25) is 0 Å². The number of methoxy groups -OCH3 is 1. The van der Waals surface area contributed by atoms with Crippen molar-refractivity contribution in [3.8, 4) is 0 Å². The van der Waals surface area contributed by atoms with Crippen molar-refractivity contribution in [1.29, 1.82) is 0 Å². The number of amides is 1. The molecule has 5 rings (SSSR count). The van der Waals surface area contributed by atoms with E-state index in [1.54, 1.807) is 36.3 Å². The fourth-order valence-electron chi connectivity index (χ4n) is 4.80. The van der Waals surface area contributed by atoms with Gasteiger partial charge in [-0.3, -0.25) is 19.2 Å². The highest BCUT2D eigenvalue weighted by atomic mass is 16.5. The van der Waals surface area contributed by atoms with E-state index in [9.17, 15) is 9.59 Å². The number of nitrogens with one attached hydrogen (secondary N) is 1. The average molecular weight is 509 g/mol. The van der Waals surface area contributed by atoms with Crippen molar-refractivity contribution in [2.24, 2.45) is 0 Å². The van der Waals surface area contributed by atoms with E-state index in [4.69, 9.17) is 4.74 Å². The molecule has 1 amide bonds. The molecule has 38 heavy (non-hydrogen) atoms. The Balaban J connectivity index is 1.25. The number of aromatic nitrogens is 2. The summed E-state index contributed by atoms with van der Waals surface area (Å²) in [6.07, 6.45) is 9.96. The summed E-state index contributed by atoms with van der Waals surface area (Å²) in [6, 6.07) is 16.5. The van der Waals surface area contributed by atoms with E-state index in [0.717, 1.165) is 29.8 Å². The van der Waals surface area contributed by atoms with Crippen LogP contribution in [-0.4, -0.2) is 53.7 Å². The standard InChI is InChI=1S/C31H32N4O3/c1-34(12-13-38-2)19-23-8-9-24-15-26(16-25(24)14-23)29-17-28(10-11-30(29)36)33-31(37)27-18-32-35(21-27)20-22-6-4-3-5-7-22/h3-10,14,16-18,21H,11-13,15,19-20H2,1-2H3,(H,33,37). The summed E-state index contributed by atoms with van der Waals surface area (Å²) in [5.41, 5.74) is 7.47. The minimum Gasteiger partial charge on any atom is -0.383 e. The Morgan fingerprint density at radius 3 is 2.79 bits per heavy atom. The van der Waals surface area contributed by atoms with Crippen LogP contribution < -0.4 is 5.32 Å². The van der Waals surface area contributed by atoms with Gasteiger partial charge in [0.15, 0.2) is 5.78 Å². The Labute approximate surface area is 223 Å². The van der Waals surface area contributed by atoms with Crippen molar-refractivity contribution in [3.05, 3.63) is 118 Å². The molecule has 0 radical (unpaired) electrons. The summed E-state index contributed by atoms with van der Waals surface area (Å²) >= 11 is 0. The zero-order chi connectivity index (χ0) is 26.5. The van der Waals surface area contributed by atoms with Crippen LogP contribution in [-0.2, 0) is 29.0 Å². The molecular formula is C31H32N4O3. The number of allylic oxidation sites excluding steroid dienone is 4. The highest BCUT2D eigenvalue weighted by Crippen LogP contribution is 2.33. The van der Waals surface area contributed by atoms with E-state index in [1.807, 2.05) is 30.3 Å². The summed E-state index contributed by atoms with van der Waals surface area (Å²) in [5, 5.41) is 7.28. The summed E-state index contributed by atoms with van der Waals surface area (Å²) in [7, 11) is 3.79. The number of carbonyl (C=O) groups excluding carboxylic acids is 2. The Hall–Kier alpha value is -4.07. The van der Waals surface area contributed by atoms with E-state index < -0.39 is 0 Å². The normalized spacial score (nSPS) is 14.7. The van der Waals surface area contributed by atoms with Gasteiger partial charge in [0, 0.05) is 44.1 Å². The second-order valence-corrected chi connectivity index (χ2v) is 9.82. The summed E-state index contributed by atoms with van der Waals surface area (Å²) in [5.74, 6) is -0.177. The topological polar surface area (TPSA) is 76.5 Å². The lowest BCUT2D eigenvalue weighted by molar-refractivity contribution is -0.114.